The van der Waals surface area contributed by atoms with E-state index in [2.05, 4.69) is 20.4 Å². The van der Waals surface area contributed by atoms with E-state index < -0.39 is 24.4 Å². The van der Waals surface area contributed by atoms with Crippen LogP contribution in [0.1, 0.15) is 44.6 Å². The molecule has 2 N–H and O–H groups in total. The third kappa shape index (κ3) is 7.48. The second kappa shape index (κ2) is 7.78. The van der Waals surface area contributed by atoms with E-state index in [1.807, 2.05) is 27.7 Å². The van der Waals surface area contributed by atoms with Crippen LogP contribution in [0.25, 0.3) is 0 Å². The van der Waals surface area contributed by atoms with Crippen molar-refractivity contribution in [3.05, 3.63) is 23.0 Å². The van der Waals surface area contributed by atoms with Crippen LogP contribution < -0.4 is 15.4 Å². The second-order valence-corrected chi connectivity index (χ2v) is 7.58. The summed E-state index contributed by atoms with van der Waals surface area (Å²) in [6.45, 7) is 6.39. The summed E-state index contributed by atoms with van der Waals surface area (Å²) in [4.78, 5) is 16.3. The molecular weight excluding hydrogens is 359 g/mol. The predicted octanol–water partition coefficient (Wildman–Crippen LogP) is 3.78. The summed E-state index contributed by atoms with van der Waals surface area (Å²) in [6.07, 6.45) is -2.80. The minimum absolute atomic E-state index is 0.0700. The lowest BCUT2D eigenvalue weighted by atomic mass is 9.85. The van der Waals surface area contributed by atoms with Crippen LogP contribution in [-0.4, -0.2) is 36.4 Å². The van der Waals surface area contributed by atoms with Gasteiger partial charge in [0.25, 0.3) is 5.91 Å². The number of ether oxygens (including phenoxy) is 1. The summed E-state index contributed by atoms with van der Waals surface area (Å²) in [6, 6.07) is 1.09. The van der Waals surface area contributed by atoms with E-state index in [0.29, 0.717) is 6.42 Å². The van der Waals surface area contributed by atoms with Gasteiger partial charge in [0.2, 0.25) is 0 Å². The van der Waals surface area contributed by atoms with E-state index in [9.17, 15) is 18.0 Å². The number of amides is 1. The zero-order valence-corrected chi connectivity index (χ0v) is 15.6. The van der Waals surface area contributed by atoms with Gasteiger partial charge in [-0.25, -0.2) is 4.98 Å². The van der Waals surface area contributed by atoms with Crippen molar-refractivity contribution in [2.24, 2.45) is 5.41 Å². The topological polar surface area (TPSA) is 63.2 Å². The molecule has 0 aromatic carbocycles. The molecule has 5 nitrogen and oxygen atoms in total. The number of nitrogens with one attached hydrogen (secondary N) is 2. The number of carbonyl (C=O) groups excluding carboxylic acids is 1. The van der Waals surface area contributed by atoms with E-state index >= 15 is 0 Å². The fraction of sp³-hybridized carbons (Fsp3) is 0.625. The molecule has 1 amide bonds. The fourth-order valence-corrected chi connectivity index (χ4v) is 2.54. The highest BCUT2D eigenvalue weighted by Crippen LogP contribution is 2.28. The van der Waals surface area contributed by atoms with Crippen molar-refractivity contribution in [2.45, 2.75) is 46.0 Å². The highest BCUT2D eigenvalue weighted by atomic mass is 35.5. The van der Waals surface area contributed by atoms with E-state index in [0.717, 1.165) is 12.3 Å². The van der Waals surface area contributed by atoms with E-state index in [1.165, 1.54) is 0 Å². The third-order valence-corrected chi connectivity index (χ3v) is 3.55. The number of halogens is 4. The first-order chi connectivity index (χ1) is 11.2. The number of rotatable bonds is 6. The normalized spacial score (nSPS) is 14.8. The molecule has 1 rings (SSSR count). The smallest absolute Gasteiger partial charge is 0.422 e. The van der Waals surface area contributed by atoms with Crippen molar-refractivity contribution >= 4 is 17.5 Å². The summed E-state index contributed by atoms with van der Waals surface area (Å²) >= 11 is 5.78. The summed E-state index contributed by atoms with van der Waals surface area (Å²) in [7, 11) is 1.71. The Labute approximate surface area is 150 Å². The summed E-state index contributed by atoms with van der Waals surface area (Å²) < 4.78 is 41.5. The Morgan fingerprint density at radius 1 is 1.28 bits per heavy atom. The maximum Gasteiger partial charge on any atom is 0.422 e. The average Bonchev–Trinajstić information content (AvgIpc) is 2.43. The molecule has 25 heavy (non-hydrogen) atoms. The van der Waals surface area contributed by atoms with Gasteiger partial charge in [-0.15, -0.1) is 0 Å². The lowest BCUT2D eigenvalue weighted by molar-refractivity contribution is -0.153. The molecule has 1 aromatic rings. The van der Waals surface area contributed by atoms with Crippen molar-refractivity contribution in [1.29, 1.82) is 0 Å². The van der Waals surface area contributed by atoms with Crippen molar-refractivity contribution in [2.75, 3.05) is 13.7 Å². The second-order valence-electron chi connectivity index (χ2n) is 7.18. The lowest BCUT2D eigenvalue weighted by Gasteiger charge is -2.36. The fourth-order valence-electron chi connectivity index (χ4n) is 2.38. The number of carbonyl (C=O) groups is 1. The number of alkyl halides is 3. The number of aromatic nitrogens is 1. The Morgan fingerprint density at radius 2 is 1.88 bits per heavy atom. The molecule has 0 aliphatic heterocycles. The molecule has 1 atom stereocenters. The highest BCUT2D eigenvalue weighted by molar-refractivity contribution is 6.32. The minimum atomic E-state index is -4.51. The Hall–Kier alpha value is -1.54. The zero-order valence-electron chi connectivity index (χ0n) is 14.8. The van der Waals surface area contributed by atoms with Gasteiger partial charge in [0.05, 0.1) is 11.9 Å². The monoisotopic (exact) mass is 381 g/mol. The van der Waals surface area contributed by atoms with E-state index in [1.54, 1.807) is 7.05 Å². The summed E-state index contributed by atoms with van der Waals surface area (Å²) in [5, 5.41) is 5.74. The van der Waals surface area contributed by atoms with Crippen LogP contribution in [0.4, 0.5) is 13.2 Å². The molecular formula is C16H23ClF3N3O2. The zero-order chi connectivity index (χ0) is 19.5. The molecule has 0 bridgehead atoms. The van der Waals surface area contributed by atoms with Crippen molar-refractivity contribution < 1.29 is 22.7 Å². The first kappa shape index (κ1) is 21.5. The molecule has 1 aromatic heterocycles. The molecule has 0 saturated heterocycles. The van der Waals surface area contributed by atoms with Gasteiger partial charge in [-0.3, -0.25) is 10.1 Å². The standard InChI is InChI=1S/C16H23ClF3N3O2/c1-14(2,3)8-15(4,21-5)23-13(24)11-6-12(10(17)7-22-11)25-9-16(18,19)20/h6-7,21H,8-9H2,1-5H3,(H,23,24). The number of pyridine rings is 1. The van der Waals surface area contributed by atoms with Gasteiger partial charge in [0.1, 0.15) is 16.5 Å². The Kier molecular flexibility index (Phi) is 6.69. The van der Waals surface area contributed by atoms with Crippen LogP contribution in [0.5, 0.6) is 5.75 Å². The maximum absolute atomic E-state index is 12.4. The summed E-state index contributed by atoms with van der Waals surface area (Å²) in [5.74, 6) is -0.796. The Balaban J connectivity index is 2.94. The first-order valence-corrected chi connectivity index (χ1v) is 7.99. The van der Waals surface area contributed by atoms with Gasteiger partial charge in [0, 0.05) is 6.07 Å². The number of nitrogens with zero attached hydrogens (tertiary/aromatic N) is 1. The van der Waals surface area contributed by atoms with Gasteiger partial charge in [-0.2, -0.15) is 13.2 Å². The largest absolute Gasteiger partial charge is 0.482 e. The molecule has 1 heterocycles. The molecule has 0 spiro atoms. The molecule has 142 valence electrons. The minimum Gasteiger partial charge on any atom is -0.482 e. The lowest BCUT2D eigenvalue weighted by Crippen LogP contribution is -2.57. The molecule has 0 aliphatic carbocycles. The van der Waals surface area contributed by atoms with Gasteiger partial charge in [-0.05, 0) is 25.8 Å². The molecule has 0 saturated carbocycles. The van der Waals surface area contributed by atoms with Crippen LogP contribution in [0.2, 0.25) is 5.02 Å². The number of hydrogen-bond acceptors (Lipinski definition) is 4. The average molecular weight is 382 g/mol. The van der Waals surface area contributed by atoms with Gasteiger partial charge in [0.15, 0.2) is 6.61 Å². The first-order valence-electron chi connectivity index (χ1n) is 7.61. The highest BCUT2D eigenvalue weighted by Gasteiger charge is 2.31. The van der Waals surface area contributed by atoms with Gasteiger partial charge < -0.3 is 10.1 Å². The Bertz CT molecular complexity index is 618. The molecule has 0 radical (unpaired) electrons. The van der Waals surface area contributed by atoms with Crippen LogP contribution in [0, 0.1) is 5.41 Å². The van der Waals surface area contributed by atoms with Crippen molar-refractivity contribution in [1.82, 2.24) is 15.6 Å². The van der Waals surface area contributed by atoms with E-state index in [-0.39, 0.29) is 21.9 Å². The van der Waals surface area contributed by atoms with Crippen molar-refractivity contribution in [3.63, 3.8) is 0 Å². The van der Waals surface area contributed by atoms with E-state index in [4.69, 9.17) is 11.6 Å². The SMILES string of the molecule is CNC(C)(CC(C)(C)C)NC(=O)c1cc(OCC(F)(F)F)c(Cl)cn1. The third-order valence-electron chi connectivity index (χ3n) is 3.27. The van der Waals surface area contributed by atoms with Gasteiger partial charge in [-0.1, -0.05) is 32.4 Å². The van der Waals surface area contributed by atoms with Crippen molar-refractivity contribution in [3.8, 4) is 5.75 Å². The predicted molar refractivity (Wildman–Crippen MR) is 89.8 cm³/mol. The quantitative estimate of drug-likeness (QED) is 0.736. The Morgan fingerprint density at radius 3 is 2.36 bits per heavy atom. The molecule has 0 fully saturated rings. The number of hydrogen-bond donors (Lipinski definition) is 2. The summed E-state index contributed by atoms with van der Waals surface area (Å²) in [5.41, 5.74) is -0.875. The molecule has 1 unspecified atom stereocenters. The van der Waals surface area contributed by atoms with Crippen LogP contribution in [-0.2, 0) is 0 Å². The molecule has 9 heteroatoms. The molecule has 0 aliphatic rings. The van der Waals surface area contributed by atoms with Gasteiger partial charge >= 0.3 is 6.18 Å². The maximum atomic E-state index is 12.4. The van der Waals surface area contributed by atoms with Crippen LogP contribution in [0.3, 0.4) is 0 Å². The van der Waals surface area contributed by atoms with Crippen LogP contribution in [0.15, 0.2) is 12.3 Å². The van der Waals surface area contributed by atoms with Crippen LogP contribution >= 0.6 is 11.6 Å².